The van der Waals surface area contributed by atoms with Crippen molar-refractivity contribution in [3.8, 4) is 0 Å². The lowest BCUT2D eigenvalue weighted by Crippen LogP contribution is -2.31. The number of urea groups is 1. The van der Waals surface area contributed by atoms with Crippen LogP contribution in [0.15, 0.2) is 18.3 Å². The van der Waals surface area contributed by atoms with Crippen molar-refractivity contribution in [3.05, 3.63) is 24.0 Å². The van der Waals surface area contributed by atoms with Crippen LogP contribution in [0.1, 0.15) is 16.9 Å². The first-order valence-electron chi connectivity index (χ1n) is 5.52. The van der Waals surface area contributed by atoms with E-state index in [4.69, 9.17) is 10.2 Å². The molecule has 0 radical (unpaired) electrons. The van der Waals surface area contributed by atoms with Crippen molar-refractivity contribution in [1.82, 2.24) is 10.3 Å². The molecular weight excluding hydrogens is 288 g/mol. The van der Waals surface area contributed by atoms with Crippen molar-refractivity contribution >= 4 is 27.7 Å². The van der Waals surface area contributed by atoms with Crippen molar-refractivity contribution in [2.45, 2.75) is 6.42 Å². The number of rotatable bonds is 6. The summed E-state index contributed by atoms with van der Waals surface area (Å²) in [6.45, 7) is 0.142. The molecule has 0 atom stereocenters. The second-order valence-corrected chi connectivity index (χ2v) is 5.57. The Morgan fingerprint density at radius 2 is 2.05 bits per heavy atom. The van der Waals surface area contributed by atoms with Crippen molar-refractivity contribution in [1.29, 1.82) is 0 Å². The summed E-state index contributed by atoms with van der Waals surface area (Å²) in [5.41, 5.74) is 0.183. The predicted octanol–water partition coefficient (Wildman–Crippen LogP) is -0.420. The molecule has 0 saturated carbocycles. The summed E-state index contributed by atoms with van der Waals surface area (Å²) in [5.74, 6) is -1.38. The first-order valence-corrected chi connectivity index (χ1v) is 7.24. The van der Waals surface area contributed by atoms with Gasteiger partial charge in [0.15, 0.2) is 0 Å². The fourth-order valence-electron chi connectivity index (χ4n) is 1.24. The molecule has 0 aromatic carbocycles. The Kier molecular flexibility index (Phi) is 5.41. The van der Waals surface area contributed by atoms with E-state index >= 15 is 0 Å². The number of carbonyl (C=O) groups excluding carboxylic acids is 1. The number of anilines is 1. The molecule has 0 aliphatic heterocycles. The predicted molar refractivity (Wildman–Crippen MR) is 70.8 cm³/mol. The van der Waals surface area contributed by atoms with Gasteiger partial charge in [0.05, 0.1) is 17.6 Å². The van der Waals surface area contributed by atoms with E-state index in [0.717, 1.165) is 0 Å². The summed E-state index contributed by atoms with van der Waals surface area (Å²) in [6, 6.07) is 2.09. The number of nitrogens with zero attached hydrogens (tertiary/aromatic N) is 1. The monoisotopic (exact) mass is 302 g/mol. The van der Waals surface area contributed by atoms with Crippen LogP contribution in [0.2, 0.25) is 0 Å². The van der Waals surface area contributed by atoms with Crippen LogP contribution in [0.4, 0.5) is 10.5 Å². The number of nitrogens with one attached hydrogen (secondary N) is 2. The molecule has 0 aliphatic rings. The first-order chi connectivity index (χ1) is 9.28. The molecule has 0 unspecified atom stereocenters. The zero-order valence-electron chi connectivity index (χ0n) is 10.4. The molecular formula is C10H14N4O5S. The Morgan fingerprint density at radius 3 is 2.55 bits per heavy atom. The van der Waals surface area contributed by atoms with Crippen LogP contribution in [0.5, 0.6) is 0 Å². The van der Waals surface area contributed by atoms with Crippen LogP contribution >= 0.6 is 0 Å². The summed E-state index contributed by atoms with van der Waals surface area (Å²) in [6.07, 6.45) is 1.40. The first kappa shape index (κ1) is 15.9. The van der Waals surface area contributed by atoms with Gasteiger partial charge < -0.3 is 15.7 Å². The summed E-state index contributed by atoms with van der Waals surface area (Å²) in [4.78, 5) is 25.6. The minimum Gasteiger partial charge on any atom is -0.477 e. The Morgan fingerprint density at radius 1 is 1.35 bits per heavy atom. The quantitative estimate of drug-likeness (QED) is 0.524. The largest absolute Gasteiger partial charge is 0.477 e. The summed E-state index contributed by atoms with van der Waals surface area (Å²) >= 11 is 0. The molecule has 2 amide bonds. The lowest BCUT2D eigenvalue weighted by atomic mass is 10.3. The van der Waals surface area contributed by atoms with Gasteiger partial charge in [-0.2, -0.15) is 0 Å². The topological polar surface area (TPSA) is 151 Å². The van der Waals surface area contributed by atoms with Crippen molar-refractivity contribution in [2.75, 3.05) is 17.6 Å². The number of primary sulfonamides is 1. The van der Waals surface area contributed by atoms with Gasteiger partial charge in [-0.15, -0.1) is 0 Å². The van der Waals surface area contributed by atoms with Crippen LogP contribution < -0.4 is 15.8 Å². The van der Waals surface area contributed by atoms with Crippen LogP contribution in [0.3, 0.4) is 0 Å². The molecule has 0 aliphatic carbocycles. The fraction of sp³-hybridized carbons (Fsp3) is 0.300. The third kappa shape index (κ3) is 6.11. The van der Waals surface area contributed by atoms with E-state index < -0.39 is 22.0 Å². The molecule has 110 valence electrons. The molecule has 0 spiro atoms. The van der Waals surface area contributed by atoms with Crippen molar-refractivity contribution in [2.24, 2.45) is 5.14 Å². The van der Waals surface area contributed by atoms with Gasteiger partial charge in [0.2, 0.25) is 10.0 Å². The molecule has 1 rings (SSSR count). The van der Waals surface area contributed by atoms with E-state index in [2.05, 4.69) is 15.6 Å². The zero-order chi connectivity index (χ0) is 15.2. The molecule has 1 aromatic rings. The molecule has 20 heavy (non-hydrogen) atoms. The maximum atomic E-state index is 11.4. The number of amides is 2. The number of aromatic nitrogens is 1. The summed E-state index contributed by atoms with van der Waals surface area (Å²) < 4.78 is 21.3. The number of nitrogens with two attached hydrogens (primary N) is 1. The number of carbonyl (C=O) groups is 2. The molecule has 5 N–H and O–H groups in total. The van der Waals surface area contributed by atoms with E-state index in [1.54, 1.807) is 0 Å². The SMILES string of the molecule is NS(=O)(=O)CCCNC(=O)Nc1ccc(C(=O)O)nc1. The summed E-state index contributed by atoms with van der Waals surface area (Å²) in [5, 5.41) is 18.3. The van der Waals surface area contributed by atoms with Crippen LogP contribution in [-0.2, 0) is 10.0 Å². The number of hydrogen-bond donors (Lipinski definition) is 4. The van der Waals surface area contributed by atoms with Crippen LogP contribution in [0, 0.1) is 0 Å². The second kappa shape index (κ2) is 6.82. The normalized spacial score (nSPS) is 10.8. The Bertz CT molecular complexity index is 584. The number of pyridine rings is 1. The fourth-order valence-corrected chi connectivity index (χ4v) is 1.79. The average Bonchev–Trinajstić information content (AvgIpc) is 2.34. The van der Waals surface area contributed by atoms with E-state index in [-0.39, 0.29) is 24.4 Å². The minimum atomic E-state index is -3.53. The maximum Gasteiger partial charge on any atom is 0.354 e. The zero-order valence-corrected chi connectivity index (χ0v) is 11.2. The van der Waals surface area contributed by atoms with Crippen molar-refractivity contribution < 1.29 is 23.1 Å². The third-order valence-electron chi connectivity index (χ3n) is 2.13. The van der Waals surface area contributed by atoms with E-state index in [9.17, 15) is 18.0 Å². The smallest absolute Gasteiger partial charge is 0.354 e. The number of aromatic carboxylic acids is 1. The van der Waals surface area contributed by atoms with Crippen molar-refractivity contribution in [3.63, 3.8) is 0 Å². The Hall–Kier alpha value is -2.20. The van der Waals surface area contributed by atoms with Gasteiger partial charge in [-0.25, -0.2) is 28.1 Å². The van der Waals surface area contributed by atoms with E-state index in [1.807, 2.05) is 0 Å². The number of carboxylic acids is 1. The lowest BCUT2D eigenvalue weighted by molar-refractivity contribution is 0.0690. The average molecular weight is 302 g/mol. The van der Waals surface area contributed by atoms with E-state index in [0.29, 0.717) is 5.69 Å². The molecule has 10 heteroatoms. The molecule has 1 heterocycles. The molecule has 0 bridgehead atoms. The van der Waals surface area contributed by atoms with Gasteiger partial charge in [-0.3, -0.25) is 0 Å². The van der Waals surface area contributed by atoms with Gasteiger partial charge in [0.25, 0.3) is 0 Å². The van der Waals surface area contributed by atoms with E-state index in [1.165, 1.54) is 18.3 Å². The Labute approximate surface area is 115 Å². The van der Waals surface area contributed by atoms with Gasteiger partial charge in [0.1, 0.15) is 5.69 Å². The molecule has 0 fully saturated rings. The van der Waals surface area contributed by atoms with Gasteiger partial charge >= 0.3 is 12.0 Å². The van der Waals surface area contributed by atoms with Crippen LogP contribution in [-0.4, -0.2) is 42.8 Å². The van der Waals surface area contributed by atoms with Crippen LogP contribution in [0.25, 0.3) is 0 Å². The molecule has 9 nitrogen and oxygen atoms in total. The second-order valence-electron chi connectivity index (χ2n) is 3.84. The van der Waals surface area contributed by atoms with Gasteiger partial charge in [0, 0.05) is 6.54 Å². The highest BCUT2D eigenvalue weighted by Crippen LogP contribution is 2.05. The number of sulfonamides is 1. The van der Waals surface area contributed by atoms with Gasteiger partial charge in [-0.1, -0.05) is 0 Å². The lowest BCUT2D eigenvalue weighted by Gasteiger charge is -2.07. The standard InChI is InChI=1S/C10H14N4O5S/c11-20(18,19)5-1-4-12-10(17)14-7-2-3-8(9(15)16)13-6-7/h2-3,6H,1,4-5H2,(H,15,16)(H2,11,18,19)(H2,12,14,17). The molecule has 1 aromatic heterocycles. The number of hydrogen-bond acceptors (Lipinski definition) is 5. The number of carboxylic acid groups (broad SMARTS) is 1. The molecule has 0 saturated heterocycles. The third-order valence-corrected chi connectivity index (χ3v) is 2.99. The Balaban J connectivity index is 2.37. The van der Waals surface area contributed by atoms with Gasteiger partial charge in [-0.05, 0) is 18.6 Å². The maximum absolute atomic E-state index is 11.4. The summed E-state index contributed by atoms with van der Waals surface area (Å²) in [7, 11) is -3.53. The highest BCUT2D eigenvalue weighted by atomic mass is 32.2. The minimum absolute atomic E-state index is 0.135. The highest BCUT2D eigenvalue weighted by molar-refractivity contribution is 7.89. The highest BCUT2D eigenvalue weighted by Gasteiger charge is 2.06.